The number of aryl methyl sites for hydroxylation is 1. The molecule has 6 nitrogen and oxygen atoms in total. The van der Waals surface area contributed by atoms with Crippen LogP contribution in [0.15, 0.2) is 41.8 Å². The Hall–Kier alpha value is -2.28. The number of nitrogens with one attached hydrogen (secondary N) is 2. The lowest BCUT2D eigenvalue weighted by atomic mass is 9.78. The minimum atomic E-state index is -0.102. The van der Waals surface area contributed by atoms with Crippen LogP contribution in [0.5, 0.6) is 0 Å². The maximum atomic E-state index is 12.6. The van der Waals surface area contributed by atoms with Crippen molar-refractivity contribution in [1.82, 2.24) is 14.9 Å². The predicted octanol–water partition coefficient (Wildman–Crippen LogP) is 3.71. The van der Waals surface area contributed by atoms with Crippen molar-refractivity contribution in [2.24, 2.45) is 18.9 Å². The van der Waals surface area contributed by atoms with Crippen LogP contribution in [-0.2, 0) is 11.8 Å². The summed E-state index contributed by atoms with van der Waals surface area (Å²) in [5, 5.41) is 6.83. The molecular weight excluding hydrogens is 372 g/mol. The van der Waals surface area contributed by atoms with E-state index in [2.05, 4.69) is 29.5 Å². The summed E-state index contributed by atoms with van der Waals surface area (Å²) in [5.74, 6) is 1.27. The highest BCUT2D eigenvalue weighted by atomic mass is 32.2. The average Bonchev–Trinajstić information content (AvgIpc) is 3.09. The Labute approximate surface area is 170 Å². The van der Waals surface area contributed by atoms with Gasteiger partial charge >= 0.3 is 0 Å². The van der Waals surface area contributed by atoms with Gasteiger partial charge in [-0.05, 0) is 42.5 Å². The molecule has 0 radical (unpaired) electrons. The Morgan fingerprint density at radius 1 is 1.21 bits per heavy atom. The van der Waals surface area contributed by atoms with Crippen LogP contribution in [0.25, 0.3) is 0 Å². The maximum absolute atomic E-state index is 12.6. The molecule has 0 bridgehead atoms. The van der Waals surface area contributed by atoms with Gasteiger partial charge in [-0.2, -0.15) is 0 Å². The van der Waals surface area contributed by atoms with Crippen LogP contribution in [0, 0.1) is 11.8 Å². The van der Waals surface area contributed by atoms with Crippen LogP contribution in [0.3, 0.4) is 0 Å². The van der Waals surface area contributed by atoms with Crippen LogP contribution < -0.4 is 10.6 Å². The fourth-order valence-corrected chi connectivity index (χ4v) is 4.29. The predicted molar refractivity (Wildman–Crippen MR) is 112 cm³/mol. The molecule has 2 aromatic rings. The number of imidazole rings is 1. The van der Waals surface area contributed by atoms with E-state index in [-0.39, 0.29) is 23.6 Å². The van der Waals surface area contributed by atoms with E-state index in [1.165, 1.54) is 18.2 Å². The zero-order valence-corrected chi connectivity index (χ0v) is 17.5. The highest BCUT2D eigenvalue weighted by molar-refractivity contribution is 7.99. The molecule has 1 aromatic heterocycles. The van der Waals surface area contributed by atoms with Crippen molar-refractivity contribution in [3.8, 4) is 0 Å². The van der Waals surface area contributed by atoms with Crippen LogP contribution in [0.2, 0.25) is 0 Å². The molecule has 2 N–H and O–H groups in total. The lowest BCUT2D eigenvalue weighted by molar-refractivity contribution is -0.113. The summed E-state index contributed by atoms with van der Waals surface area (Å²) in [6.07, 6.45) is 6.99. The van der Waals surface area contributed by atoms with Crippen molar-refractivity contribution >= 4 is 29.3 Å². The molecule has 3 rings (SSSR count). The van der Waals surface area contributed by atoms with E-state index < -0.39 is 0 Å². The second kappa shape index (κ2) is 9.28. The van der Waals surface area contributed by atoms with Crippen molar-refractivity contribution in [2.75, 3.05) is 11.1 Å². The van der Waals surface area contributed by atoms with Gasteiger partial charge in [-0.3, -0.25) is 9.59 Å². The fourth-order valence-electron chi connectivity index (χ4n) is 3.56. The zero-order valence-electron chi connectivity index (χ0n) is 16.6. The van der Waals surface area contributed by atoms with E-state index in [1.54, 1.807) is 30.5 Å². The van der Waals surface area contributed by atoms with Crippen LogP contribution >= 0.6 is 11.8 Å². The fraction of sp³-hybridized carbons (Fsp3) is 0.476. The Morgan fingerprint density at radius 2 is 1.96 bits per heavy atom. The van der Waals surface area contributed by atoms with Crippen molar-refractivity contribution in [3.63, 3.8) is 0 Å². The van der Waals surface area contributed by atoms with Gasteiger partial charge in [0.25, 0.3) is 5.91 Å². The lowest BCUT2D eigenvalue weighted by Crippen LogP contribution is -2.43. The highest BCUT2D eigenvalue weighted by Gasteiger charge is 2.28. The third-order valence-electron chi connectivity index (χ3n) is 5.56. The van der Waals surface area contributed by atoms with Crippen molar-refractivity contribution < 1.29 is 9.59 Å². The normalized spacial score (nSPS) is 21.9. The second-order valence-corrected chi connectivity index (χ2v) is 8.52. The number of hydrogen-bond acceptors (Lipinski definition) is 4. The number of thioether (sulfide) groups is 1. The van der Waals surface area contributed by atoms with Gasteiger partial charge in [0, 0.05) is 36.7 Å². The molecule has 1 saturated carbocycles. The Bertz CT molecular complexity index is 818. The molecule has 3 atom stereocenters. The molecule has 1 fully saturated rings. The first kappa shape index (κ1) is 20.5. The summed E-state index contributed by atoms with van der Waals surface area (Å²) in [5.41, 5.74) is 1.30. The standard InChI is InChI=1S/C21H28N4O2S/c1-14-5-4-6-18(15(14)2)24-20(27)16-7-9-17(10-8-16)23-19(26)13-28-21-22-11-12-25(21)3/h7-12,14-15,18H,4-6,13H2,1-3H3,(H,23,26)(H,24,27). The maximum Gasteiger partial charge on any atom is 0.251 e. The van der Waals surface area contributed by atoms with Gasteiger partial charge in [0.15, 0.2) is 5.16 Å². The van der Waals surface area contributed by atoms with Gasteiger partial charge in [0.1, 0.15) is 0 Å². The average molecular weight is 401 g/mol. The first-order valence-electron chi connectivity index (χ1n) is 9.75. The summed E-state index contributed by atoms with van der Waals surface area (Å²) in [6, 6.07) is 7.29. The Balaban J connectivity index is 1.50. The third kappa shape index (κ3) is 5.16. The molecule has 7 heteroatoms. The number of benzene rings is 1. The number of anilines is 1. The van der Waals surface area contributed by atoms with Crippen LogP contribution in [0.4, 0.5) is 5.69 Å². The van der Waals surface area contributed by atoms with E-state index >= 15 is 0 Å². The molecule has 0 spiro atoms. The van der Waals surface area contributed by atoms with Crippen molar-refractivity contribution in [1.29, 1.82) is 0 Å². The lowest BCUT2D eigenvalue weighted by Gasteiger charge is -2.34. The van der Waals surface area contributed by atoms with Gasteiger partial charge in [0.05, 0.1) is 5.75 Å². The zero-order chi connectivity index (χ0) is 20.1. The minimum absolute atomic E-state index is 0.0471. The first-order valence-corrected chi connectivity index (χ1v) is 10.7. The van der Waals surface area contributed by atoms with Crippen LogP contribution in [-0.4, -0.2) is 33.2 Å². The molecule has 1 aliphatic rings. The van der Waals surface area contributed by atoms with Gasteiger partial charge in [-0.25, -0.2) is 4.98 Å². The number of rotatable bonds is 6. The largest absolute Gasteiger partial charge is 0.349 e. The molecule has 0 aliphatic heterocycles. The SMILES string of the molecule is CC1CCCC(NC(=O)c2ccc(NC(=O)CSc3nccn3C)cc2)C1C. The van der Waals surface area contributed by atoms with Gasteiger partial charge in [-0.15, -0.1) is 0 Å². The van der Waals surface area contributed by atoms with Gasteiger partial charge in [-0.1, -0.05) is 38.5 Å². The minimum Gasteiger partial charge on any atom is -0.349 e. The molecule has 1 heterocycles. The summed E-state index contributed by atoms with van der Waals surface area (Å²) in [6.45, 7) is 4.48. The number of nitrogens with zero attached hydrogens (tertiary/aromatic N) is 2. The molecule has 3 unspecified atom stereocenters. The Morgan fingerprint density at radius 3 is 2.64 bits per heavy atom. The summed E-state index contributed by atoms with van der Waals surface area (Å²) >= 11 is 1.38. The molecule has 2 amide bonds. The smallest absolute Gasteiger partial charge is 0.251 e. The topological polar surface area (TPSA) is 76.0 Å². The summed E-state index contributed by atoms with van der Waals surface area (Å²) < 4.78 is 1.87. The van der Waals surface area contributed by atoms with Crippen molar-refractivity contribution in [2.45, 2.75) is 44.3 Å². The van der Waals surface area contributed by atoms with Gasteiger partial charge < -0.3 is 15.2 Å². The number of amides is 2. The number of carbonyl (C=O) groups excluding carboxylic acids is 2. The first-order chi connectivity index (χ1) is 13.4. The molecule has 0 saturated heterocycles. The number of hydrogen-bond donors (Lipinski definition) is 2. The quantitative estimate of drug-likeness (QED) is 0.725. The molecule has 28 heavy (non-hydrogen) atoms. The third-order valence-corrected chi connectivity index (χ3v) is 6.62. The van der Waals surface area contributed by atoms with E-state index in [0.29, 0.717) is 23.1 Å². The van der Waals surface area contributed by atoms with E-state index in [4.69, 9.17) is 0 Å². The van der Waals surface area contributed by atoms with Crippen molar-refractivity contribution in [3.05, 3.63) is 42.2 Å². The monoisotopic (exact) mass is 400 g/mol. The summed E-state index contributed by atoms with van der Waals surface area (Å²) in [4.78, 5) is 28.9. The van der Waals surface area contributed by atoms with E-state index in [0.717, 1.165) is 18.0 Å². The second-order valence-electron chi connectivity index (χ2n) is 7.58. The summed E-state index contributed by atoms with van der Waals surface area (Å²) in [7, 11) is 1.89. The Kier molecular flexibility index (Phi) is 6.78. The number of carbonyl (C=O) groups is 2. The van der Waals surface area contributed by atoms with E-state index in [1.807, 2.05) is 17.8 Å². The number of aromatic nitrogens is 2. The molecule has 1 aliphatic carbocycles. The molecule has 1 aromatic carbocycles. The van der Waals surface area contributed by atoms with Gasteiger partial charge in [0.2, 0.25) is 5.91 Å². The van der Waals surface area contributed by atoms with Crippen LogP contribution in [0.1, 0.15) is 43.5 Å². The molecule has 150 valence electrons. The van der Waals surface area contributed by atoms with E-state index in [9.17, 15) is 9.59 Å². The molecular formula is C21H28N4O2S. The highest BCUT2D eigenvalue weighted by Crippen LogP contribution is 2.29.